The standard InChI is InChI=1S/C33H28FN3O/c34-28-16-12-23(13-17-28)22-37(33(38)27-15-14-24-6-1-2-8-26(24)20-27)29-18-19-35-32(21-29)36-31-11-5-9-25-7-3-4-10-30(25)31/h1-4,6-8,10,12-21,31H,5,9,11,22H2,(H,35,36)/t31-/m0/s1. The number of aromatic nitrogens is 1. The van der Waals surface area contributed by atoms with Crippen LogP contribution >= 0.6 is 0 Å². The molecule has 4 aromatic carbocycles. The van der Waals surface area contributed by atoms with Crippen LogP contribution in [-0.4, -0.2) is 10.9 Å². The van der Waals surface area contributed by atoms with Crippen molar-refractivity contribution in [2.45, 2.75) is 31.8 Å². The number of hydrogen-bond acceptors (Lipinski definition) is 3. The number of nitrogens with one attached hydrogen (secondary N) is 1. The van der Waals surface area contributed by atoms with Crippen LogP contribution in [-0.2, 0) is 13.0 Å². The van der Waals surface area contributed by atoms with E-state index in [1.165, 1.54) is 23.3 Å². The highest BCUT2D eigenvalue weighted by Crippen LogP contribution is 2.33. The van der Waals surface area contributed by atoms with Crippen LogP contribution in [0.15, 0.2) is 109 Å². The van der Waals surface area contributed by atoms with Gasteiger partial charge in [0.25, 0.3) is 5.91 Å². The summed E-state index contributed by atoms with van der Waals surface area (Å²) >= 11 is 0. The lowest BCUT2D eigenvalue weighted by molar-refractivity contribution is 0.0985. The molecule has 1 aliphatic carbocycles. The molecule has 0 radical (unpaired) electrons. The van der Waals surface area contributed by atoms with Gasteiger partial charge < -0.3 is 10.2 Å². The molecule has 0 unspecified atom stereocenters. The zero-order chi connectivity index (χ0) is 25.9. The van der Waals surface area contributed by atoms with Crippen molar-refractivity contribution < 1.29 is 9.18 Å². The van der Waals surface area contributed by atoms with E-state index >= 15 is 0 Å². The summed E-state index contributed by atoms with van der Waals surface area (Å²) in [5.41, 5.74) is 4.85. The van der Waals surface area contributed by atoms with Crippen molar-refractivity contribution in [1.82, 2.24) is 4.98 Å². The van der Waals surface area contributed by atoms with E-state index in [1.807, 2.05) is 54.6 Å². The first-order valence-electron chi connectivity index (χ1n) is 13.0. The van der Waals surface area contributed by atoms with Crippen LogP contribution in [0.3, 0.4) is 0 Å². The van der Waals surface area contributed by atoms with Gasteiger partial charge in [-0.1, -0.05) is 66.7 Å². The second kappa shape index (κ2) is 10.5. The van der Waals surface area contributed by atoms with Crippen LogP contribution in [0.25, 0.3) is 10.8 Å². The van der Waals surface area contributed by atoms with E-state index in [0.717, 1.165) is 47.1 Å². The van der Waals surface area contributed by atoms with Crippen LogP contribution in [0.2, 0.25) is 0 Å². The molecule has 38 heavy (non-hydrogen) atoms. The van der Waals surface area contributed by atoms with Crippen molar-refractivity contribution in [2.75, 3.05) is 10.2 Å². The number of pyridine rings is 1. The normalized spacial score (nSPS) is 14.6. The van der Waals surface area contributed by atoms with Gasteiger partial charge in [0.05, 0.1) is 12.6 Å². The molecule has 5 aromatic rings. The van der Waals surface area contributed by atoms with Crippen molar-refractivity contribution in [1.29, 1.82) is 0 Å². The molecule has 0 bridgehead atoms. The Labute approximate surface area is 221 Å². The minimum atomic E-state index is -0.302. The first kappa shape index (κ1) is 23.9. The van der Waals surface area contributed by atoms with Crippen LogP contribution < -0.4 is 10.2 Å². The number of carbonyl (C=O) groups excluding carboxylic acids is 1. The predicted octanol–water partition coefficient (Wildman–Crippen LogP) is 7.71. The Hall–Kier alpha value is -4.51. The van der Waals surface area contributed by atoms with Crippen molar-refractivity contribution >= 4 is 28.2 Å². The Bertz CT molecular complexity index is 1600. The predicted molar refractivity (Wildman–Crippen MR) is 151 cm³/mol. The topological polar surface area (TPSA) is 45.2 Å². The van der Waals surface area contributed by atoms with Crippen molar-refractivity contribution in [3.05, 3.63) is 137 Å². The van der Waals surface area contributed by atoms with Gasteiger partial charge in [-0.25, -0.2) is 9.37 Å². The molecule has 0 fully saturated rings. The number of carbonyl (C=O) groups is 1. The minimum absolute atomic E-state index is 0.125. The number of hydrogen-bond donors (Lipinski definition) is 1. The molecule has 6 rings (SSSR count). The zero-order valence-corrected chi connectivity index (χ0v) is 21.0. The Morgan fingerprint density at radius 1 is 0.895 bits per heavy atom. The number of nitrogens with zero attached hydrogens (tertiary/aromatic N) is 2. The van der Waals surface area contributed by atoms with E-state index in [4.69, 9.17) is 0 Å². The summed E-state index contributed by atoms with van der Waals surface area (Å²) in [6.45, 7) is 0.307. The van der Waals surface area contributed by atoms with Gasteiger partial charge in [-0.3, -0.25) is 4.79 Å². The molecule has 0 saturated heterocycles. The maximum atomic E-state index is 13.9. The summed E-state index contributed by atoms with van der Waals surface area (Å²) in [5.74, 6) is 0.296. The van der Waals surface area contributed by atoms with Crippen LogP contribution in [0.1, 0.15) is 45.9 Å². The van der Waals surface area contributed by atoms with Crippen LogP contribution in [0.5, 0.6) is 0 Å². The summed E-state index contributed by atoms with van der Waals surface area (Å²) in [6.07, 6.45) is 4.97. The summed E-state index contributed by atoms with van der Waals surface area (Å²) in [5, 5.41) is 5.70. The lowest BCUT2D eigenvalue weighted by Crippen LogP contribution is -2.30. The highest BCUT2D eigenvalue weighted by atomic mass is 19.1. The fourth-order valence-corrected chi connectivity index (χ4v) is 5.28. The summed E-state index contributed by atoms with van der Waals surface area (Å²) < 4.78 is 13.6. The average molecular weight is 502 g/mol. The number of amides is 1. The summed E-state index contributed by atoms with van der Waals surface area (Å²) in [7, 11) is 0. The van der Waals surface area contributed by atoms with Gasteiger partial charge >= 0.3 is 0 Å². The monoisotopic (exact) mass is 501 g/mol. The molecule has 0 saturated carbocycles. The fourth-order valence-electron chi connectivity index (χ4n) is 5.28. The fraction of sp³-hybridized carbons (Fsp3) is 0.152. The van der Waals surface area contributed by atoms with E-state index in [9.17, 15) is 9.18 Å². The van der Waals surface area contributed by atoms with Gasteiger partial charge in [-0.15, -0.1) is 0 Å². The first-order valence-corrected chi connectivity index (χ1v) is 13.0. The van der Waals surface area contributed by atoms with Crippen molar-refractivity contribution in [2.24, 2.45) is 0 Å². The van der Waals surface area contributed by atoms with Gasteiger partial charge in [0.1, 0.15) is 11.6 Å². The van der Waals surface area contributed by atoms with Gasteiger partial charge in [-0.2, -0.15) is 0 Å². The second-order valence-electron chi connectivity index (χ2n) is 9.77. The Morgan fingerprint density at radius 3 is 2.55 bits per heavy atom. The maximum absolute atomic E-state index is 13.9. The largest absolute Gasteiger partial charge is 0.363 e. The van der Waals surface area contributed by atoms with E-state index in [-0.39, 0.29) is 17.8 Å². The molecule has 4 nitrogen and oxygen atoms in total. The Balaban J connectivity index is 1.34. The van der Waals surface area contributed by atoms with Crippen LogP contribution in [0.4, 0.5) is 15.9 Å². The molecule has 188 valence electrons. The quantitative estimate of drug-likeness (QED) is 0.259. The number of rotatable bonds is 6. The number of benzene rings is 4. The first-order chi connectivity index (χ1) is 18.6. The molecule has 0 spiro atoms. The molecule has 5 heteroatoms. The SMILES string of the molecule is O=C(c1ccc2ccccc2c1)N(Cc1ccc(F)cc1)c1ccnc(N[C@H]2CCCc3ccccc32)c1. The molecular formula is C33H28FN3O. The number of aryl methyl sites for hydroxylation is 1. The molecule has 1 heterocycles. The van der Waals surface area contributed by atoms with Gasteiger partial charge in [0.2, 0.25) is 0 Å². The third-order valence-corrected chi connectivity index (χ3v) is 7.24. The number of anilines is 2. The lowest BCUT2D eigenvalue weighted by atomic mass is 9.88. The van der Waals surface area contributed by atoms with Gasteiger partial charge in [0.15, 0.2) is 0 Å². The van der Waals surface area contributed by atoms with Crippen LogP contribution in [0, 0.1) is 5.82 Å². The van der Waals surface area contributed by atoms with Gasteiger partial charge in [0, 0.05) is 23.5 Å². The lowest BCUT2D eigenvalue weighted by Gasteiger charge is -2.28. The van der Waals surface area contributed by atoms with Crippen molar-refractivity contribution in [3.8, 4) is 0 Å². The summed E-state index contributed by atoms with van der Waals surface area (Å²) in [4.78, 5) is 20.3. The molecule has 1 aromatic heterocycles. The smallest absolute Gasteiger partial charge is 0.258 e. The number of halogens is 1. The van der Waals surface area contributed by atoms with Gasteiger partial charge in [-0.05, 0) is 77.1 Å². The molecular weight excluding hydrogens is 473 g/mol. The average Bonchev–Trinajstić information content (AvgIpc) is 2.96. The third kappa shape index (κ3) is 5.00. The van der Waals surface area contributed by atoms with E-state index in [2.05, 4.69) is 34.6 Å². The maximum Gasteiger partial charge on any atom is 0.258 e. The Kier molecular flexibility index (Phi) is 6.57. The molecule has 1 N–H and O–H groups in total. The molecule has 0 aliphatic heterocycles. The summed E-state index contributed by atoms with van der Waals surface area (Å²) in [6, 6.07) is 32.5. The Morgan fingerprint density at radius 2 is 1.68 bits per heavy atom. The zero-order valence-electron chi connectivity index (χ0n) is 21.0. The van der Waals surface area contributed by atoms with E-state index in [0.29, 0.717) is 12.1 Å². The molecule has 1 atom stereocenters. The highest BCUT2D eigenvalue weighted by molar-refractivity contribution is 6.08. The molecule has 1 amide bonds. The minimum Gasteiger partial charge on any atom is -0.363 e. The molecule has 1 aliphatic rings. The van der Waals surface area contributed by atoms with E-state index < -0.39 is 0 Å². The van der Waals surface area contributed by atoms with E-state index in [1.54, 1.807) is 23.2 Å². The third-order valence-electron chi connectivity index (χ3n) is 7.24. The number of fused-ring (bicyclic) bond motifs is 2. The second-order valence-corrected chi connectivity index (χ2v) is 9.77. The highest BCUT2D eigenvalue weighted by Gasteiger charge is 2.22. The van der Waals surface area contributed by atoms with Crippen molar-refractivity contribution in [3.63, 3.8) is 0 Å².